The molecule has 1 aliphatic carbocycles. The molecule has 0 aromatic heterocycles. The lowest BCUT2D eigenvalue weighted by Crippen LogP contribution is -2.35. The molecule has 3 rings (SSSR count). The predicted molar refractivity (Wildman–Crippen MR) is 155 cm³/mol. The van der Waals surface area contributed by atoms with Crippen LogP contribution in [-0.4, -0.2) is 30.1 Å². The highest BCUT2D eigenvalue weighted by molar-refractivity contribution is 7.47. The minimum atomic E-state index is -4.09. The van der Waals surface area contributed by atoms with Crippen molar-refractivity contribution in [2.75, 3.05) is 13.2 Å². The van der Waals surface area contributed by atoms with Crippen LogP contribution >= 0.6 is 7.82 Å². The van der Waals surface area contributed by atoms with E-state index in [0.29, 0.717) is 38.1 Å². The number of amides is 1. The Bertz CT molecular complexity index is 917. The lowest BCUT2D eigenvalue weighted by Gasteiger charge is -2.41. The van der Waals surface area contributed by atoms with Gasteiger partial charge in [0, 0.05) is 18.4 Å². The average Bonchev–Trinajstić information content (AvgIpc) is 2.92. The van der Waals surface area contributed by atoms with Gasteiger partial charge in [-0.25, -0.2) is 4.57 Å². The molecule has 1 unspecified atom stereocenters. The Morgan fingerprint density at radius 1 is 0.947 bits per heavy atom. The molecule has 1 fully saturated rings. The van der Waals surface area contributed by atoms with Gasteiger partial charge in [0.1, 0.15) is 0 Å². The Morgan fingerprint density at radius 2 is 1.47 bits per heavy atom. The number of hydrogen-bond acceptors (Lipinski definition) is 4. The average molecular weight is 546 g/mol. The summed E-state index contributed by atoms with van der Waals surface area (Å²) >= 11 is 0. The van der Waals surface area contributed by atoms with Crippen LogP contribution in [0.3, 0.4) is 0 Å². The summed E-state index contributed by atoms with van der Waals surface area (Å²) in [7, 11) is -4.09. The van der Waals surface area contributed by atoms with Crippen LogP contribution in [0.5, 0.6) is 0 Å². The number of rotatable bonds is 14. The molecule has 1 atom stereocenters. The second kappa shape index (κ2) is 16.9. The van der Waals surface area contributed by atoms with Crippen molar-refractivity contribution < 1.29 is 23.3 Å². The number of phosphoric acid groups is 1. The van der Waals surface area contributed by atoms with E-state index >= 15 is 0 Å². The number of carbonyl (C=O) groups excluding carboxylic acids is 1. The van der Waals surface area contributed by atoms with Gasteiger partial charge in [0.2, 0.25) is 5.91 Å². The Morgan fingerprint density at radius 3 is 2.00 bits per heavy atom. The van der Waals surface area contributed by atoms with E-state index in [1.54, 1.807) is 0 Å². The fraction of sp³-hybridized carbons (Fsp3) is 0.581. The lowest BCUT2D eigenvalue weighted by molar-refractivity contribution is -0.121. The molecule has 0 radical (unpaired) electrons. The van der Waals surface area contributed by atoms with E-state index in [-0.39, 0.29) is 24.0 Å². The van der Waals surface area contributed by atoms with Crippen molar-refractivity contribution in [2.24, 2.45) is 5.92 Å². The summed E-state index contributed by atoms with van der Waals surface area (Å²) in [5, 5.41) is 2.93. The molecule has 2 N–H and O–H groups in total. The van der Waals surface area contributed by atoms with Crippen molar-refractivity contribution in [2.45, 2.75) is 97.0 Å². The van der Waals surface area contributed by atoms with E-state index in [1.165, 1.54) is 11.1 Å². The Kier molecular flexibility index (Phi) is 14.3. The van der Waals surface area contributed by atoms with Gasteiger partial charge < -0.3 is 10.2 Å². The number of benzene rings is 2. The van der Waals surface area contributed by atoms with Gasteiger partial charge in [0.15, 0.2) is 0 Å². The minimum Gasteiger partial charge on any atom is -0.356 e. The van der Waals surface area contributed by atoms with Crippen LogP contribution in [0.4, 0.5) is 0 Å². The summed E-state index contributed by atoms with van der Waals surface area (Å²) in [5.74, 6) is 0.460. The van der Waals surface area contributed by atoms with Crippen molar-refractivity contribution in [3.63, 3.8) is 0 Å². The van der Waals surface area contributed by atoms with E-state index in [9.17, 15) is 14.3 Å². The summed E-state index contributed by atoms with van der Waals surface area (Å²) in [5.41, 5.74) is 2.44. The van der Waals surface area contributed by atoms with Gasteiger partial charge in [-0.15, -0.1) is 0 Å². The molecule has 212 valence electrons. The molecule has 1 saturated carbocycles. The van der Waals surface area contributed by atoms with Crippen LogP contribution in [0.2, 0.25) is 0 Å². The van der Waals surface area contributed by atoms with Crippen LogP contribution < -0.4 is 5.32 Å². The van der Waals surface area contributed by atoms with Gasteiger partial charge >= 0.3 is 7.82 Å². The van der Waals surface area contributed by atoms with Crippen molar-refractivity contribution in [3.8, 4) is 0 Å². The normalized spacial score (nSPS) is 16.8. The Labute approximate surface area is 230 Å². The predicted octanol–water partition coefficient (Wildman–Crippen LogP) is 7.80. The minimum absolute atomic E-state index is 0.0965. The Hall–Kier alpha value is -1.98. The van der Waals surface area contributed by atoms with Crippen molar-refractivity contribution >= 4 is 13.7 Å². The first-order valence-corrected chi connectivity index (χ1v) is 15.8. The van der Waals surface area contributed by atoms with E-state index in [2.05, 4.69) is 53.8 Å². The first kappa shape index (κ1) is 32.2. The molecule has 2 aromatic carbocycles. The first-order valence-electron chi connectivity index (χ1n) is 14.3. The zero-order valence-corrected chi connectivity index (χ0v) is 24.6. The third kappa shape index (κ3) is 10.6. The summed E-state index contributed by atoms with van der Waals surface area (Å²) in [6.07, 6.45) is 6.73. The third-order valence-corrected chi connectivity index (χ3v) is 8.04. The van der Waals surface area contributed by atoms with Gasteiger partial charge in [0.25, 0.3) is 0 Å². The van der Waals surface area contributed by atoms with Gasteiger partial charge in [0.05, 0.1) is 12.7 Å². The molecule has 6 nitrogen and oxygen atoms in total. The SMILES string of the molecule is CC.CC(C)CC(=O)NCCCCCCOP(=O)(O)OC1CCC(c2ccccc2)(c2ccccc2)CC1. The van der Waals surface area contributed by atoms with Crippen LogP contribution in [0, 0.1) is 5.92 Å². The molecule has 2 aromatic rings. The van der Waals surface area contributed by atoms with Crippen LogP contribution in [0.15, 0.2) is 60.7 Å². The highest BCUT2D eigenvalue weighted by Crippen LogP contribution is 2.51. The van der Waals surface area contributed by atoms with Crippen LogP contribution in [-0.2, 0) is 23.8 Å². The number of carbonyl (C=O) groups is 1. The molecule has 7 heteroatoms. The molecule has 38 heavy (non-hydrogen) atoms. The van der Waals surface area contributed by atoms with Gasteiger partial charge in [-0.1, -0.05) is 101 Å². The van der Waals surface area contributed by atoms with Crippen molar-refractivity contribution in [1.82, 2.24) is 5.32 Å². The van der Waals surface area contributed by atoms with Crippen molar-refractivity contribution in [3.05, 3.63) is 71.8 Å². The summed E-state index contributed by atoms with van der Waals surface area (Å²) in [4.78, 5) is 21.9. The van der Waals surface area contributed by atoms with E-state index in [4.69, 9.17) is 9.05 Å². The standard InChI is InChI=1S/C29H42NO5P.C2H6/c1-24(2)23-28(31)30-21-11-3-4-12-22-34-36(32,33)35-27-17-19-29(20-18-27,25-13-7-5-8-14-25)26-15-9-6-10-16-26;1-2/h5-10,13-16,24,27H,3-4,11-12,17-23H2,1-2H3,(H,30,31)(H,32,33);1-2H3. The fourth-order valence-corrected chi connectivity index (χ4v) is 6.11. The second-order valence-corrected chi connectivity index (χ2v) is 11.7. The molecular weight excluding hydrogens is 497 g/mol. The van der Waals surface area contributed by atoms with Gasteiger partial charge in [-0.3, -0.25) is 13.8 Å². The largest absolute Gasteiger partial charge is 0.472 e. The third-order valence-electron chi connectivity index (χ3n) is 6.96. The molecule has 1 amide bonds. The zero-order valence-electron chi connectivity index (χ0n) is 23.7. The molecule has 1 aliphatic rings. The molecule has 0 bridgehead atoms. The van der Waals surface area contributed by atoms with E-state index in [0.717, 1.165) is 32.1 Å². The monoisotopic (exact) mass is 545 g/mol. The summed E-state index contributed by atoms with van der Waals surface area (Å²) in [6.45, 7) is 8.92. The highest BCUT2D eigenvalue weighted by atomic mass is 31.2. The maximum absolute atomic E-state index is 12.5. The van der Waals surface area contributed by atoms with Crippen LogP contribution in [0.25, 0.3) is 0 Å². The van der Waals surface area contributed by atoms with Crippen LogP contribution in [0.1, 0.15) is 96.6 Å². The second-order valence-electron chi connectivity index (χ2n) is 10.3. The summed E-state index contributed by atoms with van der Waals surface area (Å²) < 4.78 is 23.4. The van der Waals surface area contributed by atoms with E-state index in [1.807, 2.05) is 39.8 Å². The smallest absolute Gasteiger partial charge is 0.356 e. The Balaban J connectivity index is 0.00000247. The lowest BCUT2D eigenvalue weighted by atomic mass is 9.65. The first-order chi connectivity index (χ1) is 18.3. The number of hydrogen-bond donors (Lipinski definition) is 2. The molecule has 0 aliphatic heterocycles. The fourth-order valence-electron chi connectivity index (χ4n) is 5.10. The molecular formula is C31H48NO5P. The number of unbranched alkanes of at least 4 members (excludes halogenated alkanes) is 3. The topological polar surface area (TPSA) is 84.9 Å². The zero-order chi connectivity index (χ0) is 27.9. The number of nitrogens with one attached hydrogen (secondary N) is 1. The maximum Gasteiger partial charge on any atom is 0.472 e. The van der Waals surface area contributed by atoms with Crippen molar-refractivity contribution in [1.29, 1.82) is 0 Å². The van der Waals surface area contributed by atoms with Gasteiger partial charge in [-0.05, 0) is 55.6 Å². The number of phosphoric ester groups is 1. The molecule has 0 heterocycles. The molecule has 0 saturated heterocycles. The molecule has 0 spiro atoms. The van der Waals surface area contributed by atoms with Gasteiger partial charge in [-0.2, -0.15) is 0 Å². The highest BCUT2D eigenvalue weighted by Gasteiger charge is 2.40. The summed E-state index contributed by atoms with van der Waals surface area (Å²) in [6, 6.07) is 21.0. The quantitative estimate of drug-likeness (QED) is 0.187. The maximum atomic E-state index is 12.5. The van der Waals surface area contributed by atoms with E-state index < -0.39 is 7.82 Å².